The Kier molecular flexibility index (Phi) is 6.81. The average Bonchev–Trinajstić information content (AvgIpc) is 3.29. The Morgan fingerprint density at radius 1 is 1.26 bits per heavy atom. The Balaban J connectivity index is 1.90. The molecule has 10 heteroatoms. The fourth-order valence-corrected chi connectivity index (χ4v) is 3.70. The zero-order chi connectivity index (χ0) is 22.7. The van der Waals surface area contributed by atoms with Crippen LogP contribution in [0.4, 0.5) is 13.9 Å². The van der Waals surface area contributed by atoms with Crippen molar-refractivity contribution in [1.82, 2.24) is 9.55 Å². The second kappa shape index (κ2) is 9.36. The fourth-order valence-electron chi connectivity index (χ4n) is 3.00. The van der Waals surface area contributed by atoms with Crippen LogP contribution in [0.2, 0.25) is 0 Å². The predicted octanol–water partition coefficient (Wildman–Crippen LogP) is 3.84. The van der Waals surface area contributed by atoms with Crippen LogP contribution in [0.25, 0.3) is 0 Å². The topological polar surface area (TPSA) is 104 Å². The van der Waals surface area contributed by atoms with Gasteiger partial charge in [0.2, 0.25) is 0 Å². The lowest BCUT2D eigenvalue weighted by Crippen LogP contribution is -2.17. The van der Waals surface area contributed by atoms with Crippen LogP contribution >= 0.6 is 11.3 Å². The van der Waals surface area contributed by atoms with Crippen LogP contribution in [0, 0.1) is 17.6 Å². The van der Waals surface area contributed by atoms with Crippen molar-refractivity contribution in [1.29, 1.82) is 0 Å². The van der Waals surface area contributed by atoms with Gasteiger partial charge in [0.25, 0.3) is 5.91 Å². The number of aliphatic hydroxyl groups excluding tert-OH is 1. The number of nitrogens with one attached hydrogen (secondary N) is 1. The first-order chi connectivity index (χ1) is 14.6. The van der Waals surface area contributed by atoms with Gasteiger partial charge in [-0.3, -0.25) is 14.9 Å². The highest BCUT2D eigenvalue weighted by molar-refractivity contribution is 7.14. The van der Waals surface area contributed by atoms with Crippen molar-refractivity contribution in [2.45, 2.75) is 32.9 Å². The summed E-state index contributed by atoms with van der Waals surface area (Å²) in [6.07, 6.45) is 0.449. The lowest BCUT2D eigenvalue weighted by Gasteiger charge is -2.12. The molecule has 0 aliphatic carbocycles. The van der Waals surface area contributed by atoms with Gasteiger partial charge in [-0.2, -0.15) is 0 Å². The summed E-state index contributed by atoms with van der Waals surface area (Å²) < 4.78 is 28.9. The van der Waals surface area contributed by atoms with E-state index in [9.17, 15) is 23.5 Å². The maximum Gasteiger partial charge on any atom is 0.309 e. The van der Waals surface area contributed by atoms with Gasteiger partial charge in [-0.1, -0.05) is 19.9 Å². The molecule has 3 N–H and O–H groups in total. The molecule has 0 saturated carbocycles. The van der Waals surface area contributed by atoms with E-state index in [1.165, 1.54) is 22.1 Å². The van der Waals surface area contributed by atoms with Gasteiger partial charge in [-0.05, 0) is 23.6 Å². The number of hydrogen-bond donors (Lipinski definition) is 3. The highest BCUT2D eigenvalue weighted by atomic mass is 32.1. The minimum atomic E-state index is -1.04. The molecule has 0 fully saturated rings. The van der Waals surface area contributed by atoms with Gasteiger partial charge in [0.05, 0.1) is 24.8 Å². The first-order valence-corrected chi connectivity index (χ1v) is 10.3. The normalized spacial score (nSPS) is 12.2. The number of aromatic nitrogens is 2. The molecule has 164 valence electrons. The minimum Gasteiger partial charge on any atom is -0.481 e. The standard InChI is InChI=1S/C21H21F2N3O4S/c1-11(2)19(29)13-5-17(20(30)25-21-24-15(10-31-21)7-18(27)28)26(9-13)8-12-3-4-14(22)6-16(12)23/h3-6,9-11,19,29H,7-8H2,1-2H3,(H,27,28)(H,24,25,30). The summed E-state index contributed by atoms with van der Waals surface area (Å²) in [6, 6.07) is 4.70. The Morgan fingerprint density at radius 2 is 2.00 bits per heavy atom. The first-order valence-electron chi connectivity index (χ1n) is 9.43. The van der Waals surface area contributed by atoms with Crippen molar-refractivity contribution in [3.63, 3.8) is 0 Å². The van der Waals surface area contributed by atoms with E-state index in [0.29, 0.717) is 11.3 Å². The summed E-state index contributed by atoms with van der Waals surface area (Å²) in [5, 5.41) is 23.6. The number of thiazole rings is 1. The maximum atomic E-state index is 14.2. The molecular weight excluding hydrogens is 428 g/mol. The van der Waals surface area contributed by atoms with E-state index in [4.69, 9.17) is 5.11 Å². The van der Waals surface area contributed by atoms with Crippen LogP contribution in [-0.4, -0.2) is 31.6 Å². The van der Waals surface area contributed by atoms with E-state index < -0.39 is 29.6 Å². The first kappa shape index (κ1) is 22.6. The molecule has 0 bridgehead atoms. The van der Waals surface area contributed by atoms with Gasteiger partial charge in [0.15, 0.2) is 5.13 Å². The molecule has 1 atom stereocenters. The quantitative estimate of drug-likeness (QED) is 0.485. The number of carboxylic acids is 1. The average molecular weight is 449 g/mol. The number of hydrogen-bond acceptors (Lipinski definition) is 5. The molecular formula is C21H21F2N3O4S. The summed E-state index contributed by atoms with van der Waals surface area (Å²) in [5.74, 6) is -3.16. The number of halogens is 2. The predicted molar refractivity (Wildman–Crippen MR) is 111 cm³/mol. The summed E-state index contributed by atoms with van der Waals surface area (Å²) in [4.78, 5) is 27.8. The Labute approximate surface area is 181 Å². The van der Waals surface area contributed by atoms with Crippen LogP contribution < -0.4 is 5.32 Å². The Morgan fingerprint density at radius 3 is 2.65 bits per heavy atom. The molecule has 3 aromatic rings. The number of rotatable bonds is 8. The van der Waals surface area contributed by atoms with E-state index in [1.807, 2.05) is 13.8 Å². The number of carbonyl (C=O) groups excluding carboxylic acids is 1. The number of amides is 1. The molecule has 2 aromatic heterocycles. The third-order valence-corrected chi connectivity index (χ3v) is 5.39. The van der Waals surface area contributed by atoms with Crippen molar-refractivity contribution in [2.75, 3.05) is 5.32 Å². The second-order valence-corrected chi connectivity index (χ2v) is 8.24. The molecule has 1 unspecified atom stereocenters. The van der Waals surface area contributed by atoms with Crippen molar-refractivity contribution < 1.29 is 28.6 Å². The van der Waals surface area contributed by atoms with Gasteiger partial charge >= 0.3 is 5.97 Å². The van der Waals surface area contributed by atoms with Crippen molar-refractivity contribution in [3.05, 3.63) is 70.0 Å². The van der Waals surface area contributed by atoms with Gasteiger partial charge in [-0.15, -0.1) is 11.3 Å². The number of benzene rings is 1. The lowest BCUT2D eigenvalue weighted by atomic mass is 10.0. The summed E-state index contributed by atoms with van der Waals surface area (Å²) in [5.41, 5.74) is 1.11. The molecule has 1 amide bonds. The summed E-state index contributed by atoms with van der Waals surface area (Å²) in [7, 11) is 0. The summed E-state index contributed by atoms with van der Waals surface area (Å²) >= 11 is 1.08. The molecule has 0 radical (unpaired) electrons. The second-order valence-electron chi connectivity index (χ2n) is 7.38. The lowest BCUT2D eigenvalue weighted by molar-refractivity contribution is -0.136. The zero-order valence-corrected chi connectivity index (χ0v) is 17.6. The highest BCUT2D eigenvalue weighted by Gasteiger charge is 2.21. The van der Waals surface area contributed by atoms with E-state index in [-0.39, 0.29) is 35.3 Å². The van der Waals surface area contributed by atoms with Crippen LogP contribution in [0.1, 0.15) is 47.3 Å². The smallest absolute Gasteiger partial charge is 0.309 e. The van der Waals surface area contributed by atoms with Crippen LogP contribution in [-0.2, 0) is 17.8 Å². The molecule has 2 heterocycles. The van der Waals surface area contributed by atoms with Gasteiger partial charge in [0.1, 0.15) is 17.3 Å². The summed E-state index contributed by atoms with van der Waals surface area (Å²) in [6.45, 7) is 3.59. The van der Waals surface area contributed by atoms with Gasteiger partial charge in [0, 0.05) is 23.2 Å². The van der Waals surface area contributed by atoms with Crippen molar-refractivity contribution in [2.24, 2.45) is 5.92 Å². The third-order valence-electron chi connectivity index (χ3n) is 4.58. The molecule has 0 spiro atoms. The largest absolute Gasteiger partial charge is 0.481 e. The highest BCUT2D eigenvalue weighted by Crippen LogP contribution is 2.26. The number of anilines is 1. The molecule has 1 aromatic carbocycles. The zero-order valence-electron chi connectivity index (χ0n) is 16.8. The minimum absolute atomic E-state index is 0.0538. The van der Waals surface area contributed by atoms with Crippen molar-refractivity contribution >= 4 is 28.3 Å². The van der Waals surface area contributed by atoms with Crippen LogP contribution in [0.15, 0.2) is 35.8 Å². The molecule has 3 rings (SSSR count). The van der Waals surface area contributed by atoms with Gasteiger partial charge in [-0.25, -0.2) is 13.8 Å². The maximum absolute atomic E-state index is 14.2. The molecule has 0 aliphatic heterocycles. The third kappa shape index (κ3) is 5.53. The van der Waals surface area contributed by atoms with E-state index in [0.717, 1.165) is 23.5 Å². The van der Waals surface area contributed by atoms with E-state index in [1.54, 1.807) is 6.20 Å². The Hall–Kier alpha value is -3.11. The van der Waals surface area contributed by atoms with Gasteiger partial charge < -0.3 is 14.8 Å². The molecule has 7 nitrogen and oxygen atoms in total. The fraction of sp³-hybridized carbons (Fsp3) is 0.286. The van der Waals surface area contributed by atoms with Crippen LogP contribution in [0.3, 0.4) is 0 Å². The van der Waals surface area contributed by atoms with Crippen LogP contribution in [0.5, 0.6) is 0 Å². The monoisotopic (exact) mass is 449 g/mol. The Bertz CT molecular complexity index is 1110. The SMILES string of the molecule is CC(C)C(O)c1cc(C(=O)Nc2nc(CC(=O)O)cs2)n(Cc2ccc(F)cc2F)c1. The number of aliphatic hydroxyl groups is 1. The molecule has 31 heavy (non-hydrogen) atoms. The van der Waals surface area contributed by atoms with E-state index >= 15 is 0 Å². The number of aliphatic carboxylic acids is 1. The molecule has 0 saturated heterocycles. The number of nitrogens with zero attached hydrogens (tertiary/aromatic N) is 2. The van der Waals surface area contributed by atoms with Crippen molar-refractivity contribution in [3.8, 4) is 0 Å². The number of carbonyl (C=O) groups is 2. The number of carboxylic acid groups (broad SMARTS) is 1. The van der Waals surface area contributed by atoms with E-state index in [2.05, 4.69) is 10.3 Å². The molecule has 0 aliphatic rings.